The molecule has 6 nitrogen and oxygen atoms in total. The molecule has 3 N–H and O–H groups in total. The van der Waals surface area contributed by atoms with Crippen molar-refractivity contribution in [3.05, 3.63) is 71.3 Å². The maximum absolute atomic E-state index is 12.2. The van der Waals surface area contributed by atoms with Crippen molar-refractivity contribution in [1.82, 2.24) is 15.5 Å². The van der Waals surface area contributed by atoms with Gasteiger partial charge in [-0.3, -0.25) is 0 Å². The molecule has 2 atom stereocenters. The zero-order chi connectivity index (χ0) is 19.1. The van der Waals surface area contributed by atoms with Crippen LogP contribution in [0, 0.1) is 0 Å². The highest BCUT2D eigenvalue weighted by atomic mass is 16.4. The van der Waals surface area contributed by atoms with E-state index in [9.17, 15) is 9.59 Å². The third-order valence-corrected chi connectivity index (χ3v) is 4.18. The van der Waals surface area contributed by atoms with Crippen molar-refractivity contribution in [1.29, 1.82) is 0 Å². The van der Waals surface area contributed by atoms with Gasteiger partial charge in [0.25, 0.3) is 0 Å². The fraction of sp³-hybridized carbons (Fsp3) is 0.300. The summed E-state index contributed by atoms with van der Waals surface area (Å²) in [6, 6.07) is 16.2. The minimum absolute atomic E-state index is 0.0526. The molecule has 2 amide bonds. The Labute approximate surface area is 153 Å². The number of carboxylic acid groups (broad SMARTS) is 1. The largest absolute Gasteiger partial charge is 0.478 e. The van der Waals surface area contributed by atoms with Gasteiger partial charge in [-0.15, -0.1) is 0 Å². The highest BCUT2D eigenvalue weighted by molar-refractivity contribution is 5.87. The molecule has 0 saturated heterocycles. The Morgan fingerprint density at radius 3 is 2.19 bits per heavy atom. The quantitative estimate of drug-likeness (QED) is 0.713. The highest BCUT2D eigenvalue weighted by Gasteiger charge is 2.22. The van der Waals surface area contributed by atoms with Crippen LogP contribution in [-0.4, -0.2) is 42.1 Å². The van der Waals surface area contributed by atoms with E-state index in [0.29, 0.717) is 6.54 Å². The number of rotatable bonds is 7. The molecule has 0 aliphatic heterocycles. The third-order valence-electron chi connectivity index (χ3n) is 4.18. The average Bonchev–Trinajstić information content (AvgIpc) is 2.61. The second kappa shape index (κ2) is 9.01. The molecule has 0 saturated carbocycles. The first-order chi connectivity index (χ1) is 12.4. The molecule has 26 heavy (non-hydrogen) atoms. The van der Waals surface area contributed by atoms with Crippen molar-refractivity contribution < 1.29 is 14.7 Å². The average molecular weight is 355 g/mol. The van der Waals surface area contributed by atoms with Gasteiger partial charge in [-0.05, 0) is 44.3 Å². The van der Waals surface area contributed by atoms with E-state index in [1.165, 1.54) is 12.1 Å². The Balaban J connectivity index is 1.92. The van der Waals surface area contributed by atoms with Gasteiger partial charge in [0.2, 0.25) is 0 Å². The molecule has 0 fully saturated rings. The van der Waals surface area contributed by atoms with Crippen molar-refractivity contribution in [3.63, 3.8) is 0 Å². The van der Waals surface area contributed by atoms with E-state index in [1.54, 1.807) is 12.1 Å². The molecule has 6 heteroatoms. The molecule has 0 aromatic heterocycles. The van der Waals surface area contributed by atoms with Crippen LogP contribution in [0.4, 0.5) is 4.79 Å². The van der Waals surface area contributed by atoms with Gasteiger partial charge < -0.3 is 20.6 Å². The van der Waals surface area contributed by atoms with E-state index in [4.69, 9.17) is 5.11 Å². The summed E-state index contributed by atoms with van der Waals surface area (Å²) >= 11 is 0. The van der Waals surface area contributed by atoms with Crippen LogP contribution in [0.2, 0.25) is 0 Å². The van der Waals surface area contributed by atoms with E-state index in [-0.39, 0.29) is 23.7 Å². The molecular formula is C20H25N3O3. The number of benzene rings is 2. The number of urea groups is 1. The number of hydrogen-bond acceptors (Lipinski definition) is 3. The van der Waals surface area contributed by atoms with Gasteiger partial charge in [0, 0.05) is 12.6 Å². The van der Waals surface area contributed by atoms with Crippen LogP contribution < -0.4 is 10.6 Å². The van der Waals surface area contributed by atoms with Crippen LogP contribution in [0.25, 0.3) is 0 Å². The summed E-state index contributed by atoms with van der Waals surface area (Å²) in [6.07, 6.45) is 0. The van der Waals surface area contributed by atoms with Crippen molar-refractivity contribution in [2.45, 2.75) is 25.6 Å². The Morgan fingerprint density at radius 1 is 1.04 bits per heavy atom. The molecule has 2 aromatic rings. The lowest BCUT2D eigenvalue weighted by molar-refractivity contribution is 0.0697. The van der Waals surface area contributed by atoms with Gasteiger partial charge >= 0.3 is 12.0 Å². The predicted octanol–water partition coefficient (Wildman–Crippen LogP) is 2.88. The number of nitrogens with one attached hydrogen (secondary N) is 2. The topological polar surface area (TPSA) is 81.7 Å². The van der Waals surface area contributed by atoms with Gasteiger partial charge in [0.05, 0.1) is 11.6 Å². The maximum atomic E-state index is 12.2. The van der Waals surface area contributed by atoms with E-state index in [0.717, 1.165) is 11.1 Å². The normalized spacial score (nSPS) is 13.1. The van der Waals surface area contributed by atoms with Crippen LogP contribution >= 0.6 is 0 Å². The minimum atomic E-state index is -0.966. The summed E-state index contributed by atoms with van der Waals surface area (Å²) in [5.74, 6) is -0.966. The van der Waals surface area contributed by atoms with Crippen molar-refractivity contribution in [3.8, 4) is 0 Å². The first-order valence-corrected chi connectivity index (χ1v) is 8.46. The van der Waals surface area contributed by atoms with Crippen LogP contribution in [-0.2, 0) is 6.54 Å². The first-order valence-electron chi connectivity index (χ1n) is 8.46. The summed E-state index contributed by atoms with van der Waals surface area (Å²) in [7, 11) is 3.97. The molecule has 0 radical (unpaired) electrons. The zero-order valence-electron chi connectivity index (χ0n) is 15.3. The summed E-state index contributed by atoms with van der Waals surface area (Å²) in [5.41, 5.74) is 2.20. The molecule has 138 valence electrons. The predicted molar refractivity (Wildman–Crippen MR) is 101 cm³/mol. The molecule has 0 spiro atoms. The lowest BCUT2D eigenvalue weighted by atomic mass is 9.99. The number of hydrogen-bond donors (Lipinski definition) is 3. The van der Waals surface area contributed by atoms with E-state index in [2.05, 4.69) is 15.5 Å². The Hall–Kier alpha value is -2.86. The van der Waals surface area contributed by atoms with Crippen LogP contribution in [0.1, 0.15) is 34.5 Å². The van der Waals surface area contributed by atoms with E-state index >= 15 is 0 Å². The number of carbonyl (C=O) groups excluding carboxylic acids is 1. The van der Waals surface area contributed by atoms with Crippen molar-refractivity contribution in [2.75, 3.05) is 14.1 Å². The molecule has 2 aromatic carbocycles. The lowest BCUT2D eigenvalue weighted by Gasteiger charge is -2.31. The molecule has 0 bridgehead atoms. The van der Waals surface area contributed by atoms with Gasteiger partial charge in [-0.1, -0.05) is 42.5 Å². The van der Waals surface area contributed by atoms with Crippen LogP contribution in [0.5, 0.6) is 0 Å². The Bertz CT molecular complexity index is 730. The van der Waals surface area contributed by atoms with Crippen LogP contribution in [0.3, 0.4) is 0 Å². The van der Waals surface area contributed by atoms with Gasteiger partial charge in [-0.2, -0.15) is 0 Å². The van der Waals surface area contributed by atoms with Crippen molar-refractivity contribution >= 4 is 12.0 Å². The van der Waals surface area contributed by atoms with Gasteiger partial charge in [0.15, 0.2) is 0 Å². The van der Waals surface area contributed by atoms with Gasteiger partial charge in [0.1, 0.15) is 0 Å². The molecule has 0 heterocycles. The fourth-order valence-corrected chi connectivity index (χ4v) is 2.97. The Kier molecular flexibility index (Phi) is 6.74. The molecule has 2 unspecified atom stereocenters. The van der Waals surface area contributed by atoms with Crippen LogP contribution in [0.15, 0.2) is 54.6 Å². The number of amides is 2. The Morgan fingerprint density at radius 2 is 1.65 bits per heavy atom. The van der Waals surface area contributed by atoms with Crippen molar-refractivity contribution in [2.24, 2.45) is 0 Å². The maximum Gasteiger partial charge on any atom is 0.335 e. The first kappa shape index (κ1) is 19.5. The molecule has 0 aliphatic rings. The number of likely N-dealkylation sites (N-methyl/N-ethyl adjacent to an activating group) is 1. The summed E-state index contributed by atoms with van der Waals surface area (Å²) < 4.78 is 0. The number of nitrogens with zero attached hydrogens (tertiary/aromatic N) is 1. The standard InChI is InChI=1S/C20H25N3O3/c1-14(18(23(2)3)16-7-5-4-6-8-16)22-20(26)21-13-15-9-11-17(12-10-15)19(24)25/h4-12,14,18H,13H2,1-3H3,(H,24,25)(H2,21,22,26). The number of aromatic carboxylic acids is 1. The lowest BCUT2D eigenvalue weighted by Crippen LogP contribution is -2.46. The minimum Gasteiger partial charge on any atom is -0.478 e. The second-order valence-corrected chi connectivity index (χ2v) is 6.44. The summed E-state index contributed by atoms with van der Waals surface area (Å²) in [6.45, 7) is 2.30. The monoisotopic (exact) mass is 355 g/mol. The molecular weight excluding hydrogens is 330 g/mol. The fourth-order valence-electron chi connectivity index (χ4n) is 2.97. The highest BCUT2D eigenvalue weighted by Crippen LogP contribution is 2.21. The second-order valence-electron chi connectivity index (χ2n) is 6.44. The summed E-state index contributed by atoms with van der Waals surface area (Å²) in [5, 5.41) is 14.7. The summed E-state index contributed by atoms with van der Waals surface area (Å²) in [4.78, 5) is 25.2. The number of carbonyl (C=O) groups is 2. The molecule has 2 rings (SSSR count). The number of carboxylic acids is 1. The zero-order valence-corrected chi connectivity index (χ0v) is 15.3. The SMILES string of the molecule is CC(NC(=O)NCc1ccc(C(=O)O)cc1)C(c1ccccc1)N(C)C. The third kappa shape index (κ3) is 5.32. The van der Waals surface area contributed by atoms with E-state index < -0.39 is 5.97 Å². The molecule has 0 aliphatic carbocycles. The van der Waals surface area contributed by atoms with Gasteiger partial charge in [-0.25, -0.2) is 9.59 Å². The van der Waals surface area contributed by atoms with E-state index in [1.807, 2.05) is 51.4 Å². The smallest absolute Gasteiger partial charge is 0.335 e.